The van der Waals surface area contributed by atoms with Crippen LogP contribution in [0.4, 0.5) is 11.4 Å². The van der Waals surface area contributed by atoms with Crippen LogP contribution in [-0.2, 0) is 0 Å². The molecule has 0 aliphatic rings. The minimum absolute atomic E-state index is 0.199. The molecule has 15 heavy (non-hydrogen) atoms. The van der Waals surface area contributed by atoms with E-state index < -0.39 is 0 Å². The minimum atomic E-state index is 0.199. The van der Waals surface area contributed by atoms with E-state index in [4.69, 9.17) is 17.3 Å². The third kappa shape index (κ3) is 3.84. The van der Waals surface area contributed by atoms with Gasteiger partial charge in [-0.1, -0.05) is 11.6 Å². The van der Waals surface area contributed by atoms with E-state index in [1.54, 1.807) is 6.07 Å². The summed E-state index contributed by atoms with van der Waals surface area (Å²) >= 11 is 7.88. The first-order chi connectivity index (χ1) is 6.94. The maximum Gasteiger partial charge on any atom is 0.0657 e. The van der Waals surface area contributed by atoms with Crippen LogP contribution in [0.5, 0.6) is 0 Å². The second-order valence-corrected chi connectivity index (χ2v) is 5.98. The monoisotopic (exact) mass is 244 g/mol. The molecule has 0 amide bonds. The molecule has 0 aromatic heterocycles. The van der Waals surface area contributed by atoms with Crippen LogP contribution in [0.3, 0.4) is 0 Å². The molecule has 0 fully saturated rings. The Morgan fingerprint density at radius 2 is 2.13 bits per heavy atom. The van der Waals surface area contributed by atoms with Crippen LogP contribution in [0.15, 0.2) is 18.2 Å². The van der Waals surface area contributed by atoms with Gasteiger partial charge in [0.05, 0.1) is 10.7 Å². The zero-order valence-corrected chi connectivity index (χ0v) is 10.9. The zero-order valence-electron chi connectivity index (χ0n) is 9.30. The lowest BCUT2D eigenvalue weighted by atomic mass is 10.2. The predicted octanol–water partition coefficient (Wildman–Crippen LogP) is 3.48. The first-order valence-electron chi connectivity index (χ1n) is 4.79. The molecule has 84 valence electrons. The molecule has 0 saturated heterocycles. The highest BCUT2D eigenvalue weighted by atomic mass is 35.5. The number of thioether (sulfide) groups is 1. The summed E-state index contributed by atoms with van der Waals surface area (Å²) in [6.07, 6.45) is 2.10. The van der Waals surface area contributed by atoms with Crippen LogP contribution < -0.4 is 11.1 Å². The van der Waals surface area contributed by atoms with E-state index >= 15 is 0 Å². The second kappa shape index (κ2) is 4.99. The number of nitrogens with two attached hydrogens (primary N) is 1. The first-order valence-corrected chi connectivity index (χ1v) is 6.39. The quantitative estimate of drug-likeness (QED) is 0.797. The van der Waals surface area contributed by atoms with E-state index in [9.17, 15) is 0 Å². The number of nitrogens with one attached hydrogen (secondary N) is 1. The van der Waals surface area contributed by atoms with Gasteiger partial charge in [-0.25, -0.2) is 0 Å². The summed E-state index contributed by atoms with van der Waals surface area (Å²) in [5.74, 6) is 0. The average molecular weight is 245 g/mol. The molecular weight excluding hydrogens is 228 g/mol. The third-order valence-electron chi connectivity index (χ3n) is 2.25. The lowest BCUT2D eigenvalue weighted by Gasteiger charge is -2.23. The molecule has 0 unspecified atom stereocenters. The Bertz CT molecular complexity index is 339. The molecule has 1 rings (SSSR count). The largest absolute Gasteiger partial charge is 0.399 e. The molecule has 4 heteroatoms. The summed E-state index contributed by atoms with van der Waals surface area (Å²) in [5.41, 5.74) is 7.25. The van der Waals surface area contributed by atoms with Gasteiger partial charge in [-0.15, -0.1) is 0 Å². The lowest BCUT2D eigenvalue weighted by molar-refractivity contribution is 0.753. The molecule has 0 heterocycles. The van der Waals surface area contributed by atoms with E-state index in [0.29, 0.717) is 10.7 Å². The van der Waals surface area contributed by atoms with Crippen molar-refractivity contribution in [3.8, 4) is 0 Å². The van der Waals surface area contributed by atoms with Crippen molar-refractivity contribution in [2.45, 2.75) is 18.6 Å². The molecule has 0 atom stereocenters. The standard InChI is InChI=1S/C11H17ClN2S/c1-11(2,15-3)7-14-10-5-4-8(13)6-9(10)12/h4-6,14H,7,13H2,1-3H3. The van der Waals surface area contributed by atoms with Gasteiger partial charge in [0.25, 0.3) is 0 Å². The van der Waals surface area contributed by atoms with Crippen molar-refractivity contribution >= 4 is 34.7 Å². The molecule has 0 radical (unpaired) electrons. The highest BCUT2D eigenvalue weighted by Gasteiger charge is 2.15. The van der Waals surface area contributed by atoms with Gasteiger partial charge in [0.15, 0.2) is 0 Å². The summed E-state index contributed by atoms with van der Waals surface area (Å²) in [6, 6.07) is 5.52. The van der Waals surface area contributed by atoms with Gasteiger partial charge < -0.3 is 11.1 Å². The Hall–Kier alpha value is -0.540. The topological polar surface area (TPSA) is 38.0 Å². The number of halogens is 1. The Morgan fingerprint density at radius 3 is 2.67 bits per heavy atom. The second-order valence-electron chi connectivity index (χ2n) is 4.06. The van der Waals surface area contributed by atoms with Gasteiger partial charge in [-0.05, 0) is 38.3 Å². The molecule has 3 N–H and O–H groups in total. The number of anilines is 2. The van der Waals surface area contributed by atoms with E-state index in [1.807, 2.05) is 23.9 Å². The summed E-state index contributed by atoms with van der Waals surface area (Å²) in [6.45, 7) is 5.25. The third-order valence-corrected chi connectivity index (χ3v) is 3.81. The van der Waals surface area contributed by atoms with Gasteiger partial charge in [0, 0.05) is 17.0 Å². The molecule has 1 aromatic carbocycles. The van der Waals surface area contributed by atoms with E-state index in [1.165, 1.54) is 0 Å². The van der Waals surface area contributed by atoms with Crippen molar-refractivity contribution in [2.24, 2.45) is 0 Å². The van der Waals surface area contributed by atoms with E-state index in [-0.39, 0.29) is 4.75 Å². The Morgan fingerprint density at radius 1 is 1.47 bits per heavy atom. The molecule has 0 saturated carbocycles. The van der Waals surface area contributed by atoms with Crippen LogP contribution in [0.25, 0.3) is 0 Å². The fourth-order valence-electron chi connectivity index (χ4n) is 1.05. The van der Waals surface area contributed by atoms with Crippen LogP contribution in [0.1, 0.15) is 13.8 Å². The molecule has 2 nitrogen and oxygen atoms in total. The number of hydrogen-bond donors (Lipinski definition) is 2. The Balaban J connectivity index is 2.66. The number of benzene rings is 1. The summed E-state index contributed by atoms with van der Waals surface area (Å²) in [7, 11) is 0. The van der Waals surface area contributed by atoms with Crippen LogP contribution in [0, 0.1) is 0 Å². The van der Waals surface area contributed by atoms with Crippen LogP contribution in [0.2, 0.25) is 5.02 Å². The Labute approximate surface area is 101 Å². The zero-order chi connectivity index (χ0) is 11.5. The van der Waals surface area contributed by atoms with Gasteiger partial charge in [-0.3, -0.25) is 0 Å². The highest BCUT2D eigenvalue weighted by Crippen LogP contribution is 2.27. The van der Waals surface area contributed by atoms with E-state index in [2.05, 4.69) is 25.4 Å². The van der Waals surface area contributed by atoms with Crippen LogP contribution >= 0.6 is 23.4 Å². The molecule has 0 aliphatic heterocycles. The van der Waals surface area contributed by atoms with Gasteiger partial charge >= 0.3 is 0 Å². The van der Waals surface area contributed by atoms with E-state index in [0.717, 1.165) is 12.2 Å². The highest BCUT2D eigenvalue weighted by molar-refractivity contribution is 7.99. The summed E-state index contributed by atoms with van der Waals surface area (Å²) in [5, 5.41) is 4.00. The number of hydrogen-bond acceptors (Lipinski definition) is 3. The molecular formula is C11H17ClN2S. The SMILES string of the molecule is CSC(C)(C)CNc1ccc(N)cc1Cl. The van der Waals surface area contributed by atoms with Crippen LogP contribution in [-0.4, -0.2) is 17.5 Å². The molecule has 1 aromatic rings. The number of nitrogen functional groups attached to an aromatic ring is 1. The van der Waals surface area contributed by atoms with Crippen molar-refractivity contribution in [2.75, 3.05) is 23.9 Å². The first kappa shape index (κ1) is 12.5. The van der Waals surface area contributed by atoms with Crippen molar-refractivity contribution in [3.63, 3.8) is 0 Å². The van der Waals surface area contributed by atoms with Gasteiger partial charge in [0.1, 0.15) is 0 Å². The van der Waals surface area contributed by atoms with Crippen molar-refractivity contribution < 1.29 is 0 Å². The Kier molecular flexibility index (Phi) is 4.17. The van der Waals surface area contributed by atoms with Crippen molar-refractivity contribution in [1.29, 1.82) is 0 Å². The van der Waals surface area contributed by atoms with Gasteiger partial charge in [-0.2, -0.15) is 11.8 Å². The fourth-order valence-corrected chi connectivity index (χ4v) is 1.53. The normalized spacial score (nSPS) is 11.5. The maximum absolute atomic E-state index is 6.05. The molecule has 0 bridgehead atoms. The fraction of sp³-hybridized carbons (Fsp3) is 0.455. The summed E-state index contributed by atoms with van der Waals surface area (Å²) < 4.78 is 0.199. The van der Waals surface area contributed by atoms with Crippen molar-refractivity contribution in [3.05, 3.63) is 23.2 Å². The van der Waals surface area contributed by atoms with Crippen molar-refractivity contribution in [1.82, 2.24) is 0 Å². The maximum atomic E-state index is 6.05. The predicted molar refractivity (Wildman–Crippen MR) is 71.9 cm³/mol. The average Bonchev–Trinajstić information content (AvgIpc) is 2.16. The number of rotatable bonds is 4. The van der Waals surface area contributed by atoms with Gasteiger partial charge in [0.2, 0.25) is 0 Å². The molecule has 0 spiro atoms. The summed E-state index contributed by atoms with van der Waals surface area (Å²) in [4.78, 5) is 0. The lowest BCUT2D eigenvalue weighted by Crippen LogP contribution is -2.25. The smallest absolute Gasteiger partial charge is 0.0657 e. The molecule has 0 aliphatic carbocycles. The minimum Gasteiger partial charge on any atom is -0.399 e.